The van der Waals surface area contributed by atoms with Gasteiger partial charge >= 0.3 is 0 Å². The Kier molecular flexibility index (Phi) is 3.25. The third-order valence-electron chi connectivity index (χ3n) is 3.68. The minimum atomic E-state index is 0.875. The average Bonchev–Trinajstić information content (AvgIpc) is 2.76. The zero-order chi connectivity index (χ0) is 13.2. The van der Waals surface area contributed by atoms with Gasteiger partial charge in [0.2, 0.25) is 0 Å². The second-order valence-electron chi connectivity index (χ2n) is 4.91. The van der Waals surface area contributed by atoms with Crippen molar-refractivity contribution in [2.24, 2.45) is 0 Å². The van der Waals surface area contributed by atoms with Crippen LogP contribution in [-0.4, -0.2) is 23.2 Å². The number of nitrogens with one attached hydrogen (secondary N) is 1. The van der Waals surface area contributed by atoms with Crippen molar-refractivity contribution < 1.29 is 4.74 Å². The Balaban J connectivity index is 1.88. The van der Waals surface area contributed by atoms with E-state index in [9.17, 15) is 0 Å². The van der Waals surface area contributed by atoms with Crippen molar-refractivity contribution in [2.75, 3.05) is 13.7 Å². The van der Waals surface area contributed by atoms with Crippen molar-refractivity contribution in [1.82, 2.24) is 14.9 Å². The maximum absolute atomic E-state index is 5.19. The van der Waals surface area contributed by atoms with Crippen molar-refractivity contribution in [1.29, 1.82) is 0 Å². The third kappa shape index (κ3) is 2.36. The second-order valence-corrected chi connectivity index (χ2v) is 4.91. The van der Waals surface area contributed by atoms with Crippen LogP contribution < -0.4 is 10.1 Å². The molecule has 100 valence electrons. The van der Waals surface area contributed by atoms with Gasteiger partial charge in [0.15, 0.2) is 0 Å². The van der Waals surface area contributed by atoms with Crippen molar-refractivity contribution in [2.45, 2.75) is 26.4 Å². The Labute approximate surface area is 113 Å². The molecule has 0 spiro atoms. The molecule has 2 aromatic rings. The fourth-order valence-electron chi connectivity index (χ4n) is 2.61. The van der Waals surface area contributed by atoms with Crippen molar-refractivity contribution in [3.63, 3.8) is 0 Å². The third-order valence-corrected chi connectivity index (χ3v) is 3.68. The minimum absolute atomic E-state index is 0.875. The molecule has 4 nitrogen and oxygen atoms in total. The molecule has 0 amide bonds. The van der Waals surface area contributed by atoms with Gasteiger partial charge in [0.05, 0.1) is 18.5 Å². The van der Waals surface area contributed by atoms with Gasteiger partial charge < -0.3 is 14.6 Å². The van der Waals surface area contributed by atoms with Crippen LogP contribution in [0, 0.1) is 6.92 Å². The lowest BCUT2D eigenvalue weighted by Gasteiger charge is -2.16. The van der Waals surface area contributed by atoms with E-state index in [1.54, 1.807) is 7.11 Å². The molecule has 0 unspecified atom stereocenters. The molecule has 0 bridgehead atoms. The molecule has 1 aromatic heterocycles. The highest BCUT2D eigenvalue weighted by Crippen LogP contribution is 2.18. The average molecular weight is 257 g/mol. The number of hydrogen-bond acceptors (Lipinski definition) is 3. The lowest BCUT2D eigenvalue weighted by atomic mass is 10.1. The standard InChI is InChI=1S/C15H19N3O/c1-11-17-14-7-8-16-9-15(14)18(11)10-12-3-5-13(19-2)6-4-12/h3-6,16H,7-10H2,1-2H3. The van der Waals surface area contributed by atoms with Gasteiger partial charge in [-0.1, -0.05) is 12.1 Å². The molecule has 2 heterocycles. The van der Waals surface area contributed by atoms with E-state index in [1.165, 1.54) is 17.0 Å². The largest absolute Gasteiger partial charge is 0.497 e. The zero-order valence-corrected chi connectivity index (χ0v) is 11.4. The van der Waals surface area contributed by atoms with Crippen LogP contribution >= 0.6 is 0 Å². The summed E-state index contributed by atoms with van der Waals surface area (Å²) in [6, 6.07) is 8.24. The number of aromatic nitrogens is 2. The van der Waals surface area contributed by atoms with Crippen molar-refractivity contribution in [3.05, 3.63) is 47.0 Å². The van der Waals surface area contributed by atoms with Gasteiger partial charge in [-0.15, -0.1) is 0 Å². The van der Waals surface area contributed by atoms with E-state index in [-0.39, 0.29) is 0 Å². The molecule has 1 aromatic carbocycles. The van der Waals surface area contributed by atoms with Gasteiger partial charge in [-0.25, -0.2) is 4.98 Å². The second kappa shape index (κ2) is 5.05. The van der Waals surface area contributed by atoms with Crippen molar-refractivity contribution in [3.8, 4) is 5.75 Å². The number of aryl methyl sites for hydroxylation is 1. The summed E-state index contributed by atoms with van der Waals surface area (Å²) in [6.45, 7) is 4.92. The van der Waals surface area contributed by atoms with E-state index in [0.29, 0.717) is 0 Å². The topological polar surface area (TPSA) is 39.1 Å². The highest BCUT2D eigenvalue weighted by molar-refractivity contribution is 5.29. The van der Waals surface area contributed by atoms with Crippen molar-refractivity contribution >= 4 is 0 Å². The molecule has 1 aliphatic rings. The van der Waals surface area contributed by atoms with E-state index in [0.717, 1.165) is 37.6 Å². The summed E-state index contributed by atoms with van der Waals surface area (Å²) in [5.74, 6) is 2.00. The van der Waals surface area contributed by atoms with Crippen LogP contribution in [0.25, 0.3) is 0 Å². The summed E-state index contributed by atoms with van der Waals surface area (Å²) in [6.07, 6.45) is 1.03. The number of hydrogen-bond donors (Lipinski definition) is 1. The first-order valence-corrected chi connectivity index (χ1v) is 6.66. The molecule has 0 saturated heterocycles. The highest BCUT2D eigenvalue weighted by atomic mass is 16.5. The summed E-state index contributed by atoms with van der Waals surface area (Å²) < 4.78 is 7.50. The molecule has 3 rings (SSSR count). The Morgan fingerprint density at radius 3 is 2.84 bits per heavy atom. The van der Waals surface area contributed by atoms with Gasteiger partial charge in [-0.3, -0.25) is 0 Å². The van der Waals surface area contributed by atoms with Crippen LogP contribution in [-0.2, 0) is 19.5 Å². The first-order valence-electron chi connectivity index (χ1n) is 6.66. The fraction of sp³-hybridized carbons (Fsp3) is 0.400. The lowest BCUT2D eigenvalue weighted by Crippen LogP contribution is -2.25. The van der Waals surface area contributed by atoms with Gasteiger partial charge in [-0.2, -0.15) is 0 Å². The molecule has 0 atom stereocenters. The van der Waals surface area contributed by atoms with Gasteiger partial charge in [-0.05, 0) is 24.6 Å². The molecule has 4 heteroatoms. The molecule has 1 aliphatic heterocycles. The van der Waals surface area contributed by atoms with Crippen LogP contribution in [0.1, 0.15) is 22.8 Å². The maximum atomic E-state index is 5.19. The molecular formula is C15H19N3O. The van der Waals surface area contributed by atoms with Gasteiger partial charge in [0.1, 0.15) is 11.6 Å². The smallest absolute Gasteiger partial charge is 0.118 e. The predicted octanol–water partition coefficient (Wildman–Crippen LogP) is 1.89. The lowest BCUT2D eigenvalue weighted by molar-refractivity contribution is 0.414. The minimum Gasteiger partial charge on any atom is -0.497 e. The number of ether oxygens (including phenoxy) is 1. The maximum Gasteiger partial charge on any atom is 0.118 e. The van der Waals surface area contributed by atoms with E-state index in [2.05, 4.69) is 33.9 Å². The molecule has 0 fully saturated rings. The van der Waals surface area contributed by atoms with E-state index in [1.807, 2.05) is 12.1 Å². The number of nitrogens with zero attached hydrogens (tertiary/aromatic N) is 2. The molecule has 0 radical (unpaired) electrons. The quantitative estimate of drug-likeness (QED) is 0.912. The van der Waals surface area contributed by atoms with Crippen LogP contribution in [0.5, 0.6) is 5.75 Å². The normalized spacial score (nSPS) is 14.2. The Bertz CT molecular complexity index is 572. The number of rotatable bonds is 3. The number of imidazole rings is 1. The molecular weight excluding hydrogens is 238 g/mol. The SMILES string of the molecule is COc1ccc(Cn2c(C)nc3c2CNCC3)cc1. The number of methoxy groups -OCH3 is 1. The molecule has 19 heavy (non-hydrogen) atoms. The van der Waals surface area contributed by atoms with E-state index >= 15 is 0 Å². The van der Waals surface area contributed by atoms with Gasteiger partial charge in [0, 0.05) is 26.1 Å². The molecule has 0 saturated carbocycles. The summed E-state index contributed by atoms with van der Waals surface area (Å²) in [5.41, 5.74) is 3.86. The van der Waals surface area contributed by atoms with Crippen LogP contribution in [0.15, 0.2) is 24.3 Å². The Morgan fingerprint density at radius 1 is 1.32 bits per heavy atom. The first-order chi connectivity index (χ1) is 9.28. The van der Waals surface area contributed by atoms with Crippen LogP contribution in [0.2, 0.25) is 0 Å². The first kappa shape index (κ1) is 12.2. The summed E-state index contributed by atoms with van der Waals surface area (Å²) in [4.78, 5) is 4.68. The Hall–Kier alpha value is -1.81. The van der Waals surface area contributed by atoms with Crippen LogP contribution in [0.4, 0.5) is 0 Å². The highest BCUT2D eigenvalue weighted by Gasteiger charge is 2.17. The summed E-state index contributed by atoms with van der Waals surface area (Å²) in [5, 5.41) is 3.42. The number of fused-ring (bicyclic) bond motifs is 1. The van der Waals surface area contributed by atoms with E-state index in [4.69, 9.17) is 4.74 Å². The summed E-state index contributed by atoms with van der Waals surface area (Å²) >= 11 is 0. The molecule has 0 aliphatic carbocycles. The number of benzene rings is 1. The van der Waals surface area contributed by atoms with Gasteiger partial charge in [0.25, 0.3) is 0 Å². The Morgan fingerprint density at radius 2 is 2.11 bits per heavy atom. The van der Waals surface area contributed by atoms with E-state index < -0.39 is 0 Å². The zero-order valence-electron chi connectivity index (χ0n) is 11.4. The fourth-order valence-corrected chi connectivity index (χ4v) is 2.61. The molecule has 1 N–H and O–H groups in total. The predicted molar refractivity (Wildman–Crippen MR) is 74.5 cm³/mol. The van der Waals surface area contributed by atoms with Crippen LogP contribution in [0.3, 0.4) is 0 Å². The summed E-state index contributed by atoms with van der Waals surface area (Å²) in [7, 11) is 1.69. The monoisotopic (exact) mass is 257 g/mol.